The van der Waals surface area contributed by atoms with Crippen molar-refractivity contribution in [2.75, 3.05) is 12.0 Å². The van der Waals surface area contributed by atoms with Gasteiger partial charge < -0.3 is 11.3 Å². The van der Waals surface area contributed by atoms with Crippen LogP contribution in [0.3, 0.4) is 0 Å². The Morgan fingerprint density at radius 3 is 1.62 bits per heavy atom. The summed E-state index contributed by atoms with van der Waals surface area (Å²) in [5, 5.41) is 23.0. The van der Waals surface area contributed by atoms with Crippen molar-refractivity contribution in [2.24, 2.45) is 0 Å². The molecular weight excluding hydrogens is 1260 g/mol. The van der Waals surface area contributed by atoms with Crippen LogP contribution in [0.2, 0.25) is 0 Å². The van der Waals surface area contributed by atoms with Crippen LogP contribution >= 0.6 is 51.2 Å². The first kappa shape index (κ1) is 54.5. The molecule has 0 bridgehead atoms. The number of benzene rings is 7. The summed E-state index contributed by atoms with van der Waals surface area (Å²) in [6.07, 6.45) is 4.55. The van der Waals surface area contributed by atoms with Crippen molar-refractivity contribution in [3.05, 3.63) is 169 Å². The van der Waals surface area contributed by atoms with Crippen LogP contribution in [0.1, 0.15) is 85.0 Å². The summed E-state index contributed by atoms with van der Waals surface area (Å²) in [7, 11) is 1.79. The summed E-state index contributed by atoms with van der Waals surface area (Å²) in [6, 6.07) is 51.4. The van der Waals surface area contributed by atoms with E-state index in [4.69, 9.17) is 4.74 Å². The van der Waals surface area contributed by atoms with E-state index in [1.54, 1.807) is 20.2 Å². The first-order valence-electron chi connectivity index (χ1n) is 21.0. The number of methoxy groups -OCH3 is 1. The third-order valence-electron chi connectivity index (χ3n) is 12.1. The predicted molar refractivity (Wildman–Crippen MR) is 292 cm³/mol. The third-order valence-corrected chi connectivity index (χ3v) is 12.1. The maximum Gasteiger partial charge on any atom is 1.00 e. The number of ether oxygens (including phenoxy) is 1. The van der Waals surface area contributed by atoms with Crippen molar-refractivity contribution in [1.29, 1.82) is 0 Å². The van der Waals surface area contributed by atoms with Crippen LogP contribution < -0.4 is 29.6 Å². The van der Waals surface area contributed by atoms with Gasteiger partial charge in [0.1, 0.15) is 5.60 Å². The molecule has 0 spiro atoms. The van der Waals surface area contributed by atoms with Crippen LogP contribution in [0.5, 0.6) is 0 Å². The summed E-state index contributed by atoms with van der Waals surface area (Å²) in [5.41, 5.74) is 4.00. The van der Waals surface area contributed by atoms with Crippen molar-refractivity contribution in [3.8, 4) is 0 Å². The number of hydrogen-bond acceptors (Lipinski definition) is 4. The van der Waals surface area contributed by atoms with Gasteiger partial charge in [0.15, 0.2) is 0 Å². The summed E-state index contributed by atoms with van der Waals surface area (Å²) in [5.74, 6) is 0.633. The smallest absolute Gasteiger partial charge is 1.00 e. The molecule has 324 valence electrons. The summed E-state index contributed by atoms with van der Waals surface area (Å²) < 4.78 is 5.73. The SMILES string of the molecule is CCC(C)(O)c1ccc2ccc3cccnc3c2n1.CCC(C)(OC)c1ccc2ccc3ccccc3c2c1.CCC(C)c1ccc2ccc3ccccc3c2c1.CI.[H-].[I][Sm][I].[Na+]. The molecule has 0 aliphatic heterocycles. The standard InChI is InChI=1S/C19H20O.C18H18.C16H16N2O.CH3I.2HI.Na.Sm.H/c1-4-19(2,20-3)16-12-11-15-10-9-14-7-5-6-8-17(14)18(15)13-16;1-3-13(2)16-11-10-15-9-8-14-6-4-5-7-17(14)18(15)12-16;1-3-16(2,19)13-9-8-12-7-6-11-5-4-10-17-14(11)15(12)18-13;1-2;;;;;/h5-13H,4H2,1-3H3;4-13H,3H2,1-2H3;4-10,19H,3H2,1-2H3;1H3;2*1H;;;/q;;;;;;+1;+2;-1/p-2. The van der Waals surface area contributed by atoms with Crippen molar-refractivity contribution < 1.29 is 66.3 Å². The van der Waals surface area contributed by atoms with Gasteiger partial charge in [0, 0.05) is 24.1 Å². The number of nitrogens with zero attached hydrogens (tertiary/aromatic N) is 2. The second kappa shape index (κ2) is 26.4. The van der Waals surface area contributed by atoms with E-state index in [1.165, 1.54) is 60.6 Å². The fourth-order valence-electron chi connectivity index (χ4n) is 7.56. The van der Waals surface area contributed by atoms with Gasteiger partial charge in [-0.15, -0.1) is 0 Å². The normalized spacial score (nSPS) is 13.1. The molecule has 1 N–H and O–H groups in total. The van der Waals surface area contributed by atoms with Gasteiger partial charge >= 0.3 is 83.6 Å². The molecule has 3 atom stereocenters. The van der Waals surface area contributed by atoms with Crippen LogP contribution in [0, 0.1) is 25.5 Å². The average molecular weight is 1320 g/mol. The minimum Gasteiger partial charge on any atom is 1.00 e. The molecule has 0 saturated carbocycles. The van der Waals surface area contributed by atoms with Gasteiger partial charge in [-0.3, -0.25) is 4.98 Å². The second-order valence-corrected chi connectivity index (χ2v) is 35.1. The maximum absolute atomic E-state index is 10.3. The van der Waals surface area contributed by atoms with E-state index < -0.39 is 5.60 Å². The molecule has 3 unspecified atom stereocenters. The van der Waals surface area contributed by atoms with E-state index in [0.717, 1.165) is 28.2 Å². The van der Waals surface area contributed by atoms with Gasteiger partial charge in [0.25, 0.3) is 0 Å². The minimum absolute atomic E-state index is 0. The molecule has 2 aromatic heterocycles. The molecule has 9 aromatic rings. The van der Waals surface area contributed by atoms with Gasteiger partial charge in [0.05, 0.1) is 22.3 Å². The summed E-state index contributed by atoms with van der Waals surface area (Å²) >= 11 is 7.22. The number of rotatable bonds is 7. The van der Waals surface area contributed by atoms with Gasteiger partial charge in [-0.1, -0.05) is 178 Å². The minimum atomic E-state index is -0.898. The Bertz CT molecular complexity index is 2880. The van der Waals surface area contributed by atoms with Crippen LogP contribution in [-0.4, -0.2) is 27.1 Å². The van der Waals surface area contributed by atoms with E-state index in [0.29, 0.717) is 18.0 Å². The van der Waals surface area contributed by atoms with Crippen LogP contribution in [0.15, 0.2) is 152 Å². The van der Waals surface area contributed by atoms with E-state index >= 15 is 0 Å². The Labute approximate surface area is 444 Å². The molecule has 9 heteroatoms. The first-order valence-corrected chi connectivity index (χ1v) is 38.2. The quantitative estimate of drug-likeness (QED) is 0.0748. The maximum atomic E-state index is 10.3. The Balaban J connectivity index is 0.000000239. The predicted octanol–water partition coefficient (Wildman–Crippen LogP) is 14.1. The Hall–Kier alpha value is -1.15. The molecule has 0 aliphatic rings. The molecule has 2 heterocycles. The zero-order valence-corrected chi connectivity index (χ0v) is 49.0. The van der Waals surface area contributed by atoms with E-state index in [-0.39, 0.29) is 62.0 Å². The molecule has 0 saturated heterocycles. The fourth-order valence-corrected chi connectivity index (χ4v) is 7.56. The first-order chi connectivity index (χ1) is 30.0. The van der Waals surface area contributed by atoms with E-state index in [1.807, 2.05) is 48.3 Å². The number of aromatic nitrogens is 2. The van der Waals surface area contributed by atoms with Crippen LogP contribution in [0.25, 0.3) is 64.9 Å². The Kier molecular flexibility index (Phi) is 22.8. The van der Waals surface area contributed by atoms with Gasteiger partial charge in [-0.2, -0.15) is 0 Å². The zero-order valence-electron chi connectivity index (χ0n) is 38.9. The second-order valence-electron chi connectivity index (χ2n) is 15.7. The largest absolute Gasteiger partial charge is 1.00 e. The monoisotopic (exact) mass is 1320 g/mol. The number of alkyl halides is 1. The molecule has 4 nitrogen and oxygen atoms in total. The zero-order chi connectivity index (χ0) is 44.9. The number of pyridine rings is 2. The van der Waals surface area contributed by atoms with E-state index in [2.05, 4.69) is 198 Å². The number of hydrogen-bond donors (Lipinski definition) is 1. The van der Waals surface area contributed by atoms with Crippen LogP contribution in [0.4, 0.5) is 0 Å². The molecule has 0 radical (unpaired) electrons. The molecular formula is C54H58I3N2NaO2Sm. The topological polar surface area (TPSA) is 55.2 Å². The summed E-state index contributed by atoms with van der Waals surface area (Å²) in [4.78, 5) is 11.0. The van der Waals surface area contributed by atoms with Crippen molar-refractivity contribution in [3.63, 3.8) is 0 Å². The van der Waals surface area contributed by atoms with Gasteiger partial charge in [-0.05, 0) is 116 Å². The van der Waals surface area contributed by atoms with Crippen molar-refractivity contribution in [2.45, 2.75) is 77.9 Å². The van der Waals surface area contributed by atoms with E-state index in [9.17, 15) is 5.11 Å². The van der Waals surface area contributed by atoms with Crippen molar-refractivity contribution in [1.82, 2.24) is 9.97 Å². The molecule has 7 aromatic carbocycles. The van der Waals surface area contributed by atoms with Crippen molar-refractivity contribution >= 4 is 116 Å². The summed E-state index contributed by atoms with van der Waals surface area (Å²) in [6.45, 7) is 12.6. The Morgan fingerprint density at radius 2 is 1.08 bits per heavy atom. The number of fused-ring (bicyclic) bond motifs is 9. The molecule has 63 heavy (non-hydrogen) atoms. The van der Waals surface area contributed by atoms with Gasteiger partial charge in [-0.25, -0.2) is 4.98 Å². The molecule has 0 aliphatic carbocycles. The third kappa shape index (κ3) is 13.5. The van der Waals surface area contributed by atoms with Gasteiger partial charge in [0.2, 0.25) is 0 Å². The van der Waals surface area contributed by atoms with Crippen LogP contribution in [-0.2, 0) is 15.9 Å². The molecule has 9 rings (SSSR count). The molecule has 0 fully saturated rings. The number of aliphatic hydroxyl groups is 1. The Morgan fingerprint density at radius 1 is 0.619 bits per heavy atom. The average Bonchev–Trinajstić information content (AvgIpc) is 3.34. The molecule has 0 amide bonds. The number of halogens is 3. The fraction of sp³-hybridized carbons (Fsp3) is 0.259.